The van der Waals surface area contributed by atoms with E-state index in [0.29, 0.717) is 16.8 Å². The summed E-state index contributed by atoms with van der Waals surface area (Å²) in [5, 5.41) is 8.79. The van der Waals surface area contributed by atoms with Gasteiger partial charge in [-0.05, 0) is 35.9 Å². The maximum absolute atomic E-state index is 12.4. The number of hydrogen-bond acceptors (Lipinski definition) is 6. The Morgan fingerprint density at radius 1 is 1.07 bits per heavy atom. The van der Waals surface area contributed by atoms with Crippen LogP contribution in [0.3, 0.4) is 0 Å². The summed E-state index contributed by atoms with van der Waals surface area (Å²) in [6.45, 7) is -0.232. The highest BCUT2D eigenvalue weighted by atomic mass is 16.5. The van der Waals surface area contributed by atoms with E-state index < -0.39 is 24.5 Å². The first-order chi connectivity index (χ1) is 14.0. The second kappa shape index (κ2) is 11.0. The molecule has 0 aliphatic carbocycles. The number of ether oxygens (including phenoxy) is 2. The van der Waals surface area contributed by atoms with Crippen LogP contribution >= 0.6 is 0 Å². The fraction of sp³-hybridized carbons (Fsp3) is 0.182. The summed E-state index contributed by atoms with van der Waals surface area (Å²) in [5.41, 5.74) is 1.71. The fourth-order valence-corrected chi connectivity index (χ4v) is 2.44. The van der Waals surface area contributed by atoms with Gasteiger partial charge in [-0.1, -0.05) is 30.3 Å². The number of methoxy groups -OCH3 is 1. The summed E-state index contributed by atoms with van der Waals surface area (Å²) in [6, 6.07) is 17.3. The second-order valence-electron chi connectivity index (χ2n) is 5.84. The van der Waals surface area contributed by atoms with E-state index >= 15 is 0 Å². The number of carbonyl (C=O) groups excluding carboxylic acids is 3. The summed E-state index contributed by atoms with van der Waals surface area (Å²) >= 11 is 0. The van der Waals surface area contributed by atoms with Gasteiger partial charge in [0.2, 0.25) is 0 Å². The molecule has 0 saturated heterocycles. The van der Waals surface area contributed by atoms with Gasteiger partial charge in [-0.2, -0.15) is 5.26 Å². The normalized spacial score (nSPS) is 10.2. The monoisotopic (exact) mass is 392 g/mol. The van der Waals surface area contributed by atoms with E-state index in [-0.39, 0.29) is 13.0 Å². The molecule has 0 N–H and O–H groups in total. The first-order valence-corrected chi connectivity index (χ1v) is 8.80. The van der Waals surface area contributed by atoms with Crippen LogP contribution in [-0.4, -0.2) is 38.1 Å². The SMILES string of the molecule is COC(=O)c1ccc(/C=C/C(=O)OCC(=O)N(CCC#N)c2ccccc2)cc1. The number of anilines is 1. The number of benzene rings is 2. The average molecular weight is 392 g/mol. The molecule has 0 aliphatic heterocycles. The van der Waals surface area contributed by atoms with Crippen molar-refractivity contribution in [3.8, 4) is 6.07 Å². The first kappa shape index (κ1) is 21.4. The van der Waals surface area contributed by atoms with Crippen molar-refractivity contribution >= 4 is 29.6 Å². The lowest BCUT2D eigenvalue weighted by atomic mass is 10.1. The van der Waals surface area contributed by atoms with Gasteiger partial charge in [0.05, 0.1) is 25.2 Å². The molecule has 0 bridgehead atoms. The van der Waals surface area contributed by atoms with Crippen LogP contribution in [0.4, 0.5) is 5.69 Å². The van der Waals surface area contributed by atoms with Crippen LogP contribution in [0.5, 0.6) is 0 Å². The Balaban J connectivity index is 1.92. The van der Waals surface area contributed by atoms with Gasteiger partial charge < -0.3 is 14.4 Å². The lowest BCUT2D eigenvalue weighted by Gasteiger charge is -2.21. The molecule has 0 aliphatic rings. The van der Waals surface area contributed by atoms with Gasteiger partial charge in [-0.3, -0.25) is 4.79 Å². The summed E-state index contributed by atoms with van der Waals surface area (Å²) in [4.78, 5) is 37.1. The fourth-order valence-electron chi connectivity index (χ4n) is 2.44. The predicted molar refractivity (Wildman–Crippen MR) is 107 cm³/mol. The van der Waals surface area contributed by atoms with Crippen LogP contribution in [-0.2, 0) is 19.1 Å². The van der Waals surface area contributed by atoms with E-state index in [9.17, 15) is 14.4 Å². The minimum atomic E-state index is -0.677. The van der Waals surface area contributed by atoms with Crippen LogP contribution in [0.25, 0.3) is 6.08 Å². The smallest absolute Gasteiger partial charge is 0.337 e. The number of nitrogens with zero attached hydrogens (tertiary/aromatic N) is 2. The number of amides is 1. The van der Waals surface area contributed by atoms with Gasteiger partial charge in [-0.15, -0.1) is 0 Å². The molecule has 29 heavy (non-hydrogen) atoms. The second-order valence-corrected chi connectivity index (χ2v) is 5.84. The molecule has 0 radical (unpaired) electrons. The van der Waals surface area contributed by atoms with Crippen molar-refractivity contribution in [2.75, 3.05) is 25.2 Å². The molecular formula is C22H20N2O5. The number of esters is 2. The van der Waals surface area contributed by atoms with Crippen LogP contribution in [0, 0.1) is 11.3 Å². The molecule has 0 fully saturated rings. The molecule has 0 saturated carbocycles. The van der Waals surface area contributed by atoms with Gasteiger partial charge in [0.25, 0.3) is 5.91 Å². The van der Waals surface area contributed by atoms with Gasteiger partial charge in [0.15, 0.2) is 6.61 Å². The molecular weight excluding hydrogens is 372 g/mol. The zero-order valence-corrected chi connectivity index (χ0v) is 15.9. The van der Waals surface area contributed by atoms with Gasteiger partial charge >= 0.3 is 11.9 Å². The molecule has 0 spiro atoms. The quantitative estimate of drug-likeness (QED) is 0.506. The zero-order chi connectivity index (χ0) is 21.1. The van der Waals surface area contributed by atoms with E-state index in [2.05, 4.69) is 4.74 Å². The lowest BCUT2D eigenvalue weighted by Crippen LogP contribution is -2.35. The summed E-state index contributed by atoms with van der Waals surface area (Å²) in [7, 11) is 1.30. The largest absolute Gasteiger partial charge is 0.465 e. The third-order valence-corrected chi connectivity index (χ3v) is 3.90. The molecule has 148 valence electrons. The Bertz CT molecular complexity index is 914. The van der Waals surface area contributed by atoms with Crippen molar-refractivity contribution in [2.24, 2.45) is 0 Å². The van der Waals surface area contributed by atoms with Gasteiger partial charge in [0.1, 0.15) is 0 Å². The summed E-state index contributed by atoms with van der Waals surface area (Å²) < 4.78 is 9.63. The predicted octanol–water partition coefficient (Wildman–Crippen LogP) is 2.98. The minimum absolute atomic E-state index is 0.163. The van der Waals surface area contributed by atoms with Crippen molar-refractivity contribution in [1.29, 1.82) is 5.26 Å². The number of para-hydroxylation sites is 1. The van der Waals surface area contributed by atoms with Crippen LogP contribution in [0.1, 0.15) is 22.3 Å². The topological polar surface area (TPSA) is 96.7 Å². The van der Waals surface area contributed by atoms with Crippen LogP contribution in [0.15, 0.2) is 60.7 Å². The lowest BCUT2D eigenvalue weighted by molar-refractivity contribution is -0.142. The molecule has 7 nitrogen and oxygen atoms in total. The Morgan fingerprint density at radius 3 is 2.38 bits per heavy atom. The number of rotatable bonds is 8. The molecule has 2 aromatic rings. The summed E-state index contributed by atoms with van der Waals surface area (Å²) in [5.74, 6) is -1.54. The Kier molecular flexibility index (Phi) is 8.14. The third-order valence-electron chi connectivity index (χ3n) is 3.90. The Morgan fingerprint density at radius 2 is 1.76 bits per heavy atom. The molecule has 2 rings (SSSR count). The standard InChI is InChI=1S/C22H20N2O5/c1-28-22(27)18-11-8-17(9-12-18)10-13-21(26)29-16-20(25)24(15-5-14-23)19-6-3-2-4-7-19/h2-4,6-13H,5,15-16H2,1H3/b13-10+. The van der Waals surface area contributed by atoms with E-state index in [0.717, 1.165) is 0 Å². The number of nitriles is 1. The zero-order valence-electron chi connectivity index (χ0n) is 15.9. The van der Waals surface area contributed by atoms with E-state index in [1.165, 1.54) is 24.2 Å². The van der Waals surface area contributed by atoms with Gasteiger partial charge in [-0.25, -0.2) is 9.59 Å². The average Bonchev–Trinajstić information content (AvgIpc) is 2.77. The highest BCUT2D eigenvalue weighted by Crippen LogP contribution is 2.14. The number of hydrogen-bond donors (Lipinski definition) is 0. The van der Waals surface area contributed by atoms with Crippen molar-refractivity contribution < 1.29 is 23.9 Å². The molecule has 0 heterocycles. The molecule has 1 amide bonds. The summed E-state index contributed by atoms with van der Waals surface area (Å²) in [6.07, 6.45) is 2.87. The highest BCUT2D eigenvalue weighted by molar-refractivity contribution is 5.96. The highest BCUT2D eigenvalue weighted by Gasteiger charge is 2.16. The number of carbonyl (C=O) groups is 3. The van der Waals surface area contributed by atoms with Crippen LogP contribution < -0.4 is 4.90 Å². The molecule has 0 aromatic heterocycles. The maximum atomic E-state index is 12.4. The maximum Gasteiger partial charge on any atom is 0.337 e. The van der Waals surface area contributed by atoms with E-state index in [1.54, 1.807) is 48.5 Å². The minimum Gasteiger partial charge on any atom is -0.465 e. The Hall–Kier alpha value is -3.92. The molecule has 0 unspecified atom stereocenters. The first-order valence-electron chi connectivity index (χ1n) is 8.80. The van der Waals surface area contributed by atoms with Crippen LogP contribution in [0.2, 0.25) is 0 Å². The van der Waals surface area contributed by atoms with Crippen molar-refractivity contribution in [3.05, 3.63) is 71.8 Å². The van der Waals surface area contributed by atoms with E-state index in [1.807, 2.05) is 12.1 Å². The third kappa shape index (κ3) is 6.63. The van der Waals surface area contributed by atoms with Crippen molar-refractivity contribution in [3.63, 3.8) is 0 Å². The van der Waals surface area contributed by atoms with Crippen molar-refractivity contribution in [2.45, 2.75) is 6.42 Å². The Labute approximate surface area is 168 Å². The van der Waals surface area contributed by atoms with E-state index in [4.69, 9.17) is 10.00 Å². The molecule has 0 atom stereocenters. The molecule has 7 heteroatoms. The van der Waals surface area contributed by atoms with Gasteiger partial charge in [0, 0.05) is 18.3 Å². The van der Waals surface area contributed by atoms with Crippen molar-refractivity contribution in [1.82, 2.24) is 0 Å². The molecule has 2 aromatic carbocycles.